The van der Waals surface area contributed by atoms with Crippen molar-refractivity contribution in [2.24, 2.45) is 0 Å². The van der Waals surface area contributed by atoms with E-state index >= 15 is 0 Å². The summed E-state index contributed by atoms with van der Waals surface area (Å²) in [5.74, 6) is 0.791. The fourth-order valence-electron chi connectivity index (χ4n) is 7.70. The number of para-hydroxylation sites is 1. The molecular weight excluding hydrogens is 902 g/mol. The second-order valence-electron chi connectivity index (χ2n) is 17.1. The number of phenols is 1. The van der Waals surface area contributed by atoms with Crippen LogP contribution in [0.15, 0.2) is 134 Å². The van der Waals surface area contributed by atoms with Gasteiger partial charge in [0.1, 0.15) is 11.6 Å². The van der Waals surface area contributed by atoms with Crippen LogP contribution >= 0.6 is 0 Å². The molecular formula is C54H52N3OPt-. The van der Waals surface area contributed by atoms with Crippen LogP contribution in [0.3, 0.4) is 0 Å². The van der Waals surface area contributed by atoms with Gasteiger partial charge in [0.15, 0.2) is 0 Å². The van der Waals surface area contributed by atoms with Crippen molar-refractivity contribution in [2.45, 2.75) is 79.5 Å². The van der Waals surface area contributed by atoms with Crippen LogP contribution in [-0.2, 0) is 26.5 Å². The van der Waals surface area contributed by atoms with Crippen molar-refractivity contribution < 1.29 is 30.3 Å². The van der Waals surface area contributed by atoms with Crippen LogP contribution in [-0.4, -0.2) is 19.6 Å². The topological polar surface area (TPSA) is 50.9 Å². The molecule has 0 saturated heterocycles. The van der Waals surface area contributed by atoms with Gasteiger partial charge in [-0.2, -0.15) is 0 Å². The molecule has 0 unspecified atom stereocenters. The Balaban J connectivity index is 0.00000578. The molecule has 59 heavy (non-hydrogen) atoms. The van der Waals surface area contributed by atoms with Crippen molar-refractivity contribution in [1.29, 1.82) is 0 Å². The molecule has 0 amide bonds. The summed E-state index contributed by atoms with van der Waals surface area (Å²) in [6.07, 6.45) is 1.85. The third-order valence-corrected chi connectivity index (χ3v) is 11.2. The van der Waals surface area contributed by atoms with Gasteiger partial charge in [-0.1, -0.05) is 150 Å². The second-order valence-corrected chi connectivity index (χ2v) is 17.1. The first-order chi connectivity index (χ1) is 29.0. The van der Waals surface area contributed by atoms with Crippen molar-refractivity contribution in [2.75, 3.05) is 0 Å². The molecule has 0 aliphatic heterocycles. The summed E-state index contributed by atoms with van der Waals surface area (Å²) < 4.78 is 28.5. The van der Waals surface area contributed by atoms with E-state index in [1.165, 1.54) is 5.56 Å². The van der Waals surface area contributed by atoms with Crippen LogP contribution in [0.2, 0.25) is 0 Å². The SMILES string of the molecule is [2H]C([2H])([2H])c1cc(-c2ccccc2)ccc1-n1c(-c2cc(C(C)C)cc(C(C)C)c2O)nc2c(-c3[c-]c(-c4cc(-c5ccc(C)cc5)ccn4)cc(C(C)(C)C)c3)cccc21.[Pt]. The van der Waals surface area contributed by atoms with Gasteiger partial charge < -0.3 is 5.11 Å². The van der Waals surface area contributed by atoms with Gasteiger partial charge in [-0.3, -0.25) is 9.55 Å². The van der Waals surface area contributed by atoms with Crippen molar-refractivity contribution >= 4 is 11.0 Å². The number of nitrogens with zero attached hydrogens (tertiary/aromatic N) is 3. The Hall–Kier alpha value is -5.57. The zero-order valence-corrected chi connectivity index (χ0v) is 37.2. The minimum Gasteiger partial charge on any atom is -0.507 e. The smallest absolute Gasteiger partial charge is 0.148 e. The normalized spacial score (nSPS) is 12.7. The summed E-state index contributed by atoms with van der Waals surface area (Å²) in [6.45, 7) is 14.6. The maximum absolute atomic E-state index is 12.2. The molecule has 0 radical (unpaired) electrons. The number of rotatable bonds is 8. The Bertz CT molecular complexity index is 2910. The zero-order valence-electron chi connectivity index (χ0n) is 38.0. The fourth-order valence-corrected chi connectivity index (χ4v) is 7.70. The number of hydrogen-bond donors (Lipinski definition) is 1. The molecule has 0 fully saturated rings. The molecule has 0 aliphatic carbocycles. The number of imidazole rings is 1. The number of phenolic OH excluding ortho intramolecular Hbond substituents is 1. The zero-order chi connectivity index (χ0) is 43.4. The Morgan fingerprint density at radius 1 is 0.695 bits per heavy atom. The van der Waals surface area contributed by atoms with E-state index in [2.05, 4.69) is 116 Å². The summed E-state index contributed by atoms with van der Waals surface area (Å²) in [6, 6.07) is 46.3. The van der Waals surface area contributed by atoms with E-state index in [1.807, 2.05) is 77.5 Å². The van der Waals surface area contributed by atoms with Crippen molar-refractivity contribution in [3.63, 3.8) is 0 Å². The molecule has 4 nitrogen and oxygen atoms in total. The predicted molar refractivity (Wildman–Crippen MR) is 243 cm³/mol. The average molecular weight is 957 g/mol. The molecule has 2 heterocycles. The third kappa shape index (κ3) is 8.21. The van der Waals surface area contributed by atoms with E-state index in [1.54, 1.807) is 6.07 Å². The van der Waals surface area contributed by atoms with Crippen LogP contribution in [0, 0.1) is 19.8 Å². The standard InChI is InChI=1S/C54H52N3O.Pt/c1-33(2)41-30-46(34(3)4)52(58)47(31-41)53-56-51-45(16-13-17-50(51)57(53)49-23-22-39(26-36(49)6)37-14-11-10-12-15-37)42-27-43(29-44(28-42)54(7,8)9)48-32-40(24-25-55-48)38-20-18-35(5)19-21-38;/h10-26,28-34,58H,1-9H3;/q-1;/i6D3;. The molecule has 0 spiro atoms. The van der Waals surface area contributed by atoms with E-state index < -0.39 is 6.85 Å². The predicted octanol–water partition coefficient (Wildman–Crippen LogP) is 14.4. The van der Waals surface area contributed by atoms with Crippen LogP contribution in [0.25, 0.3) is 72.7 Å². The van der Waals surface area contributed by atoms with Crippen molar-refractivity contribution in [1.82, 2.24) is 14.5 Å². The third-order valence-electron chi connectivity index (χ3n) is 11.2. The van der Waals surface area contributed by atoms with Crippen LogP contribution in [0.1, 0.15) is 92.2 Å². The molecule has 0 saturated carbocycles. The Morgan fingerprint density at radius 2 is 1.39 bits per heavy atom. The number of aromatic nitrogens is 3. The van der Waals surface area contributed by atoms with E-state index in [9.17, 15) is 5.11 Å². The first-order valence-electron chi connectivity index (χ1n) is 21.7. The van der Waals surface area contributed by atoms with Crippen molar-refractivity contribution in [3.05, 3.63) is 167 Å². The van der Waals surface area contributed by atoms with Crippen molar-refractivity contribution in [3.8, 4) is 67.5 Å². The quantitative estimate of drug-likeness (QED) is 0.154. The number of hydrogen-bond acceptors (Lipinski definition) is 3. The summed E-state index contributed by atoms with van der Waals surface area (Å²) in [7, 11) is 0. The summed E-state index contributed by atoms with van der Waals surface area (Å²) in [4.78, 5) is 10.3. The molecule has 8 rings (SSSR count). The largest absolute Gasteiger partial charge is 0.507 e. The number of aryl methyl sites for hydroxylation is 2. The van der Waals surface area contributed by atoms with E-state index in [-0.39, 0.29) is 49.6 Å². The minimum absolute atomic E-state index is 0. The first-order valence-corrected chi connectivity index (χ1v) is 20.2. The number of benzene rings is 6. The van der Waals surface area contributed by atoms with E-state index in [0.29, 0.717) is 28.1 Å². The van der Waals surface area contributed by atoms with E-state index in [4.69, 9.17) is 14.1 Å². The summed E-state index contributed by atoms with van der Waals surface area (Å²) in [5, 5.41) is 12.2. The monoisotopic (exact) mass is 956 g/mol. The maximum Gasteiger partial charge on any atom is 0.148 e. The van der Waals surface area contributed by atoms with Gasteiger partial charge in [0.05, 0.1) is 22.3 Å². The van der Waals surface area contributed by atoms with E-state index in [0.717, 1.165) is 61.3 Å². The van der Waals surface area contributed by atoms with Crippen LogP contribution < -0.4 is 0 Å². The second kappa shape index (κ2) is 16.6. The molecule has 0 atom stereocenters. The van der Waals surface area contributed by atoms with Crippen LogP contribution in [0.4, 0.5) is 0 Å². The molecule has 0 bridgehead atoms. The molecule has 6 aromatic carbocycles. The number of fused-ring (bicyclic) bond motifs is 1. The van der Waals surface area contributed by atoms with Gasteiger partial charge >= 0.3 is 0 Å². The molecule has 1 N–H and O–H groups in total. The van der Waals surface area contributed by atoms with Gasteiger partial charge in [0.2, 0.25) is 0 Å². The first kappa shape index (κ1) is 37.7. The summed E-state index contributed by atoms with van der Waals surface area (Å²) in [5.41, 5.74) is 13.8. The van der Waals surface area contributed by atoms with Gasteiger partial charge in [-0.25, -0.2) is 4.98 Å². The van der Waals surface area contributed by atoms with Gasteiger partial charge in [0.25, 0.3) is 0 Å². The van der Waals surface area contributed by atoms with Gasteiger partial charge in [0, 0.05) is 37.1 Å². The van der Waals surface area contributed by atoms with Gasteiger partial charge in [-0.15, -0.1) is 29.3 Å². The van der Waals surface area contributed by atoms with Crippen LogP contribution in [0.5, 0.6) is 5.75 Å². The molecule has 8 aromatic rings. The Kier molecular flexibility index (Phi) is 10.6. The molecule has 300 valence electrons. The molecule has 5 heteroatoms. The minimum atomic E-state index is -2.47. The number of pyridine rings is 1. The van der Waals surface area contributed by atoms with Gasteiger partial charge in [-0.05, 0) is 100 Å². The molecule has 2 aromatic heterocycles. The average Bonchev–Trinajstić information content (AvgIpc) is 3.62. The number of aromatic hydroxyl groups is 1. The maximum atomic E-state index is 12.2. The fraction of sp³-hybridized carbons (Fsp3) is 0.222. The summed E-state index contributed by atoms with van der Waals surface area (Å²) >= 11 is 0. The Labute approximate surface area is 368 Å². The Morgan fingerprint density at radius 3 is 2.08 bits per heavy atom. The molecule has 0 aliphatic rings.